The summed E-state index contributed by atoms with van der Waals surface area (Å²) < 4.78 is 0. The lowest BCUT2D eigenvalue weighted by molar-refractivity contribution is -0.119. The van der Waals surface area contributed by atoms with Crippen molar-refractivity contribution < 1.29 is 9.59 Å². The number of carbonyl (C=O) groups is 2. The van der Waals surface area contributed by atoms with Gasteiger partial charge >= 0.3 is 0 Å². The zero-order valence-electron chi connectivity index (χ0n) is 16.6. The lowest BCUT2D eigenvalue weighted by Crippen LogP contribution is -2.48. The first-order chi connectivity index (χ1) is 14.2. The smallest absolute Gasteiger partial charge is 0.254 e. The Labute approximate surface area is 171 Å². The molecule has 29 heavy (non-hydrogen) atoms. The van der Waals surface area contributed by atoms with Crippen molar-refractivity contribution in [3.05, 3.63) is 59.8 Å². The Morgan fingerprint density at radius 1 is 0.931 bits per heavy atom. The number of nitrogens with zero attached hydrogens (tertiary/aromatic N) is 5. The van der Waals surface area contributed by atoms with Gasteiger partial charge in [-0.25, -0.2) is 4.98 Å². The van der Waals surface area contributed by atoms with Crippen LogP contribution in [0.5, 0.6) is 0 Å². The van der Waals surface area contributed by atoms with Crippen molar-refractivity contribution in [2.75, 3.05) is 57.3 Å². The van der Waals surface area contributed by atoms with Crippen molar-refractivity contribution in [1.29, 1.82) is 0 Å². The Hall–Kier alpha value is -2.93. The normalized spacial score (nSPS) is 18.0. The van der Waals surface area contributed by atoms with E-state index in [2.05, 4.69) is 39.0 Å². The number of carbonyl (C=O) groups excluding carboxylic acids is 2. The van der Waals surface area contributed by atoms with Crippen molar-refractivity contribution in [3.8, 4) is 0 Å². The molecule has 2 amide bonds. The van der Waals surface area contributed by atoms with E-state index in [1.54, 1.807) is 17.2 Å². The molecule has 0 spiro atoms. The molecule has 7 heteroatoms. The lowest BCUT2D eigenvalue weighted by Gasteiger charge is -2.36. The Morgan fingerprint density at radius 2 is 1.66 bits per heavy atom. The summed E-state index contributed by atoms with van der Waals surface area (Å²) in [6.07, 6.45) is 2.57. The second-order valence-corrected chi connectivity index (χ2v) is 7.59. The van der Waals surface area contributed by atoms with Crippen molar-refractivity contribution in [3.63, 3.8) is 0 Å². The number of amides is 2. The number of benzene rings is 1. The lowest BCUT2D eigenvalue weighted by atomic mass is 10.2. The quantitative estimate of drug-likeness (QED) is 0.717. The van der Waals surface area contributed by atoms with Crippen LogP contribution in [0.1, 0.15) is 15.9 Å². The molecule has 2 aromatic rings. The van der Waals surface area contributed by atoms with E-state index in [0.29, 0.717) is 31.7 Å². The average molecular weight is 393 g/mol. The van der Waals surface area contributed by atoms with E-state index in [1.807, 2.05) is 17.0 Å². The first-order valence-electron chi connectivity index (χ1n) is 10.2. The summed E-state index contributed by atoms with van der Waals surface area (Å²) in [6.45, 7) is 7.05. The summed E-state index contributed by atoms with van der Waals surface area (Å²) in [5.41, 5.74) is 2.00. The third kappa shape index (κ3) is 4.74. The SMILES string of the molecule is O=CN1CCN(C(=O)c2ccnc(N3CCN(Cc4ccccc4)CC3)c2)CC1. The van der Waals surface area contributed by atoms with E-state index in [4.69, 9.17) is 0 Å². The van der Waals surface area contributed by atoms with Gasteiger partial charge < -0.3 is 14.7 Å². The molecule has 3 heterocycles. The first-order valence-corrected chi connectivity index (χ1v) is 10.2. The Bertz CT molecular complexity index is 828. The van der Waals surface area contributed by atoms with Crippen LogP contribution in [-0.4, -0.2) is 84.4 Å². The summed E-state index contributed by atoms with van der Waals surface area (Å²) in [5, 5.41) is 0. The zero-order valence-corrected chi connectivity index (χ0v) is 16.6. The predicted molar refractivity (Wildman–Crippen MR) is 112 cm³/mol. The fourth-order valence-electron chi connectivity index (χ4n) is 3.91. The van der Waals surface area contributed by atoms with E-state index in [-0.39, 0.29) is 5.91 Å². The van der Waals surface area contributed by atoms with Gasteiger partial charge in [-0.05, 0) is 17.7 Å². The van der Waals surface area contributed by atoms with Gasteiger partial charge in [-0.3, -0.25) is 14.5 Å². The van der Waals surface area contributed by atoms with Crippen LogP contribution in [0.15, 0.2) is 48.7 Å². The molecule has 0 unspecified atom stereocenters. The number of anilines is 1. The van der Waals surface area contributed by atoms with Crippen LogP contribution in [0.4, 0.5) is 5.82 Å². The van der Waals surface area contributed by atoms with Crippen LogP contribution in [0.3, 0.4) is 0 Å². The maximum absolute atomic E-state index is 12.8. The molecule has 7 nitrogen and oxygen atoms in total. The molecule has 0 N–H and O–H groups in total. The molecule has 2 aliphatic heterocycles. The van der Waals surface area contributed by atoms with Crippen LogP contribution >= 0.6 is 0 Å². The highest BCUT2D eigenvalue weighted by Gasteiger charge is 2.23. The standard InChI is InChI=1S/C22H27N5O2/c28-18-25-10-14-27(15-11-25)22(29)20-6-7-23-21(16-20)26-12-8-24(9-13-26)17-19-4-2-1-3-5-19/h1-7,16,18H,8-15,17H2. The summed E-state index contributed by atoms with van der Waals surface area (Å²) in [7, 11) is 0. The van der Waals surface area contributed by atoms with E-state index in [9.17, 15) is 9.59 Å². The fraction of sp³-hybridized carbons (Fsp3) is 0.409. The summed E-state index contributed by atoms with van der Waals surface area (Å²) in [6, 6.07) is 14.2. The monoisotopic (exact) mass is 393 g/mol. The van der Waals surface area contributed by atoms with Crippen molar-refractivity contribution in [1.82, 2.24) is 19.7 Å². The fourth-order valence-corrected chi connectivity index (χ4v) is 3.91. The van der Waals surface area contributed by atoms with Crippen LogP contribution in [0.25, 0.3) is 0 Å². The molecule has 1 aromatic heterocycles. The number of pyridine rings is 1. The van der Waals surface area contributed by atoms with Gasteiger partial charge in [0.15, 0.2) is 0 Å². The van der Waals surface area contributed by atoms with Crippen molar-refractivity contribution >= 4 is 18.1 Å². The van der Waals surface area contributed by atoms with E-state index < -0.39 is 0 Å². The van der Waals surface area contributed by atoms with Crippen LogP contribution in [0.2, 0.25) is 0 Å². The first kappa shape index (κ1) is 19.4. The summed E-state index contributed by atoms with van der Waals surface area (Å²) >= 11 is 0. The molecule has 0 radical (unpaired) electrons. The number of rotatable bonds is 5. The molecule has 152 valence electrons. The maximum atomic E-state index is 12.8. The molecular formula is C22H27N5O2. The molecule has 0 atom stereocenters. The van der Waals surface area contributed by atoms with E-state index in [0.717, 1.165) is 45.0 Å². The molecule has 4 rings (SSSR count). The predicted octanol–water partition coefficient (Wildman–Crippen LogP) is 1.32. The van der Waals surface area contributed by atoms with Gasteiger partial charge in [-0.1, -0.05) is 30.3 Å². The van der Waals surface area contributed by atoms with Crippen LogP contribution in [0, 0.1) is 0 Å². The highest BCUT2D eigenvalue weighted by molar-refractivity contribution is 5.95. The number of piperazine rings is 2. The molecule has 2 aliphatic rings. The molecule has 2 saturated heterocycles. The van der Waals surface area contributed by atoms with E-state index >= 15 is 0 Å². The zero-order chi connectivity index (χ0) is 20.1. The van der Waals surface area contributed by atoms with Crippen molar-refractivity contribution in [2.45, 2.75) is 6.54 Å². The number of aromatic nitrogens is 1. The minimum Gasteiger partial charge on any atom is -0.354 e. The van der Waals surface area contributed by atoms with Gasteiger partial charge in [-0.2, -0.15) is 0 Å². The third-order valence-electron chi connectivity index (χ3n) is 5.69. The Morgan fingerprint density at radius 3 is 2.34 bits per heavy atom. The second kappa shape index (κ2) is 9.05. The van der Waals surface area contributed by atoms with Crippen LogP contribution < -0.4 is 4.90 Å². The number of hydrogen-bond donors (Lipinski definition) is 0. The Kier molecular flexibility index (Phi) is 6.05. The topological polar surface area (TPSA) is 60.0 Å². The Balaban J connectivity index is 1.34. The maximum Gasteiger partial charge on any atom is 0.254 e. The highest BCUT2D eigenvalue weighted by Crippen LogP contribution is 2.18. The largest absolute Gasteiger partial charge is 0.354 e. The third-order valence-corrected chi connectivity index (χ3v) is 5.69. The molecular weight excluding hydrogens is 366 g/mol. The van der Waals surface area contributed by atoms with Gasteiger partial charge in [-0.15, -0.1) is 0 Å². The highest BCUT2D eigenvalue weighted by atomic mass is 16.2. The van der Waals surface area contributed by atoms with Gasteiger partial charge in [0.2, 0.25) is 6.41 Å². The van der Waals surface area contributed by atoms with E-state index in [1.165, 1.54) is 5.56 Å². The summed E-state index contributed by atoms with van der Waals surface area (Å²) in [5.74, 6) is 0.878. The minimum atomic E-state index is 0.0157. The summed E-state index contributed by atoms with van der Waals surface area (Å²) in [4.78, 5) is 36.4. The van der Waals surface area contributed by atoms with Gasteiger partial charge in [0.05, 0.1) is 0 Å². The molecule has 2 fully saturated rings. The van der Waals surface area contributed by atoms with Gasteiger partial charge in [0.25, 0.3) is 5.91 Å². The number of hydrogen-bond acceptors (Lipinski definition) is 5. The van der Waals surface area contributed by atoms with Crippen LogP contribution in [-0.2, 0) is 11.3 Å². The molecule has 1 aromatic carbocycles. The molecule has 0 saturated carbocycles. The minimum absolute atomic E-state index is 0.0157. The molecule has 0 bridgehead atoms. The van der Waals surface area contributed by atoms with Gasteiger partial charge in [0, 0.05) is 70.7 Å². The average Bonchev–Trinajstić information content (AvgIpc) is 2.80. The molecule has 0 aliphatic carbocycles. The van der Waals surface area contributed by atoms with Gasteiger partial charge in [0.1, 0.15) is 5.82 Å². The second-order valence-electron chi connectivity index (χ2n) is 7.59. The van der Waals surface area contributed by atoms with Crippen molar-refractivity contribution in [2.24, 2.45) is 0 Å².